The molecule has 0 spiro atoms. The van der Waals surface area contributed by atoms with Gasteiger partial charge in [0.1, 0.15) is 0 Å². The number of carbonyl (C=O) groups is 1. The quantitative estimate of drug-likeness (QED) is 0.297. The van der Waals surface area contributed by atoms with Gasteiger partial charge in [0.15, 0.2) is 0 Å². The Balaban J connectivity index is 1.98. The van der Waals surface area contributed by atoms with Crippen LogP contribution in [0.2, 0.25) is 0 Å². The van der Waals surface area contributed by atoms with E-state index >= 15 is 0 Å². The summed E-state index contributed by atoms with van der Waals surface area (Å²) in [4.78, 5) is 11.5. The van der Waals surface area contributed by atoms with Gasteiger partial charge >= 0.3 is 5.97 Å². The fourth-order valence-corrected chi connectivity index (χ4v) is 3.68. The van der Waals surface area contributed by atoms with Gasteiger partial charge in [-0.1, -0.05) is 108 Å². The van der Waals surface area contributed by atoms with Gasteiger partial charge in [0, 0.05) is 0 Å². The Bertz CT molecular complexity index is 472. The number of carboxylic acids is 1. The molecule has 0 aromatic heterocycles. The van der Waals surface area contributed by atoms with Crippen LogP contribution in [0.25, 0.3) is 0 Å². The van der Waals surface area contributed by atoms with Gasteiger partial charge in [0.2, 0.25) is 0 Å². The Hall–Kier alpha value is -1.35. The van der Waals surface area contributed by atoms with E-state index in [-0.39, 0.29) is 12.0 Å². The Morgan fingerprint density at radius 3 is 1.78 bits per heavy atom. The number of aliphatic hydroxyl groups is 1. The maximum Gasteiger partial charge on any atom is 0.310 e. The fraction of sp³-hybridized carbons (Fsp3) is 0.708. The number of hydrogen-bond acceptors (Lipinski definition) is 2. The summed E-state index contributed by atoms with van der Waals surface area (Å²) in [5.41, 5.74) is 0.915. The summed E-state index contributed by atoms with van der Waals surface area (Å²) in [5.74, 6) is -1.08. The maximum absolute atomic E-state index is 11.5. The van der Waals surface area contributed by atoms with Crippen LogP contribution in [0.15, 0.2) is 30.3 Å². The highest BCUT2D eigenvalue weighted by molar-refractivity contribution is 5.75. The van der Waals surface area contributed by atoms with Crippen LogP contribution in [0.4, 0.5) is 0 Å². The van der Waals surface area contributed by atoms with Crippen molar-refractivity contribution in [3.05, 3.63) is 35.9 Å². The van der Waals surface area contributed by atoms with Crippen LogP contribution in [-0.4, -0.2) is 22.3 Å². The van der Waals surface area contributed by atoms with Crippen LogP contribution < -0.4 is 0 Å². The van der Waals surface area contributed by atoms with Crippen LogP contribution in [0.1, 0.15) is 108 Å². The van der Waals surface area contributed by atoms with Crippen molar-refractivity contribution in [3.63, 3.8) is 0 Å². The van der Waals surface area contributed by atoms with E-state index in [0.717, 1.165) is 50.5 Å². The Kier molecular flexibility index (Phi) is 13.8. The van der Waals surface area contributed by atoms with Gasteiger partial charge in [-0.05, 0) is 24.8 Å². The maximum atomic E-state index is 11.5. The SMILES string of the molecule is CCCCCCC(O)CCCCCCCCCC(C(=O)O)c1ccccc1. The van der Waals surface area contributed by atoms with Crippen molar-refractivity contribution in [3.8, 4) is 0 Å². The molecule has 0 heterocycles. The van der Waals surface area contributed by atoms with Crippen molar-refractivity contribution in [1.29, 1.82) is 0 Å². The van der Waals surface area contributed by atoms with E-state index in [2.05, 4.69) is 6.92 Å². The normalized spacial score (nSPS) is 13.4. The molecular formula is C24H40O3. The molecule has 2 atom stereocenters. The average Bonchev–Trinajstić information content (AvgIpc) is 2.67. The molecule has 1 aromatic carbocycles. The van der Waals surface area contributed by atoms with Crippen LogP contribution in [0.5, 0.6) is 0 Å². The second kappa shape index (κ2) is 15.7. The van der Waals surface area contributed by atoms with Crippen molar-refractivity contribution >= 4 is 5.97 Å². The van der Waals surface area contributed by atoms with Gasteiger partial charge in [-0.3, -0.25) is 4.79 Å². The smallest absolute Gasteiger partial charge is 0.310 e. The molecule has 0 fully saturated rings. The molecule has 1 rings (SSSR count). The number of benzene rings is 1. The predicted molar refractivity (Wildman–Crippen MR) is 113 cm³/mol. The van der Waals surface area contributed by atoms with Gasteiger partial charge in [-0.2, -0.15) is 0 Å². The molecule has 0 saturated heterocycles. The van der Waals surface area contributed by atoms with Gasteiger partial charge in [-0.25, -0.2) is 0 Å². The zero-order valence-electron chi connectivity index (χ0n) is 17.2. The highest BCUT2D eigenvalue weighted by Gasteiger charge is 2.18. The van der Waals surface area contributed by atoms with E-state index in [1.54, 1.807) is 0 Å². The van der Waals surface area contributed by atoms with E-state index in [0.29, 0.717) is 0 Å². The zero-order chi connectivity index (χ0) is 19.7. The van der Waals surface area contributed by atoms with Crippen molar-refractivity contribution < 1.29 is 15.0 Å². The van der Waals surface area contributed by atoms with Crippen molar-refractivity contribution in [2.24, 2.45) is 0 Å². The topological polar surface area (TPSA) is 57.5 Å². The van der Waals surface area contributed by atoms with Crippen LogP contribution in [-0.2, 0) is 4.79 Å². The minimum absolute atomic E-state index is 0.104. The highest BCUT2D eigenvalue weighted by atomic mass is 16.4. The highest BCUT2D eigenvalue weighted by Crippen LogP contribution is 2.23. The third kappa shape index (κ3) is 11.9. The van der Waals surface area contributed by atoms with Crippen molar-refractivity contribution in [2.75, 3.05) is 0 Å². The second-order valence-corrected chi connectivity index (χ2v) is 7.86. The standard InChI is InChI=1S/C24H40O3/c1-2-3-4-13-18-22(25)19-14-8-6-5-7-9-15-20-23(24(26)27)21-16-11-10-12-17-21/h10-12,16-17,22-23,25H,2-9,13-15,18-20H2,1H3,(H,26,27). The number of carboxylic acid groups (broad SMARTS) is 1. The van der Waals surface area contributed by atoms with E-state index in [9.17, 15) is 15.0 Å². The summed E-state index contributed by atoms with van der Waals surface area (Å²) in [5, 5.41) is 19.4. The summed E-state index contributed by atoms with van der Waals surface area (Å²) in [7, 11) is 0. The number of hydrogen-bond donors (Lipinski definition) is 2. The molecule has 0 radical (unpaired) electrons. The third-order valence-electron chi connectivity index (χ3n) is 5.42. The lowest BCUT2D eigenvalue weighted by Crippen LogP contribution is -2.11. The first-order valence-corrected chi connectivity index (χ1v) is 11.1. The van der Waals surface area contributed by atoms with Gasteiger partial charge in [0.05, 0.1) is 12.0 Å². The summed E-state index contributed by atoms with van der Waals surface area (Å²) in [6.07, 6.45) is 15.5. The minimum atomic E-state index is -0.713. The molecule has 3 heteroatoms. The molecule has 1 aromatic rings. The fourth-order valence-electron chi connectivity index (χ4n) is 3.68. The molecular weight excluding hydrogens is 336 g/mol. The molecule has 3 nitrogen and oxygen atoms in total. The second-order valence-electron chi connectivity index (χ2n) is 7.86. The lowest BCUT2D eigenvalue weighted by atomic mass is 9.93. The van der Waals surface area contributed by atoms with E-state index < -0.39 is 5.97 Å². The van der Waals surface area contributed by atoms with Crippen LogP contribution in [0, 0.1) is 0 Å². The van der Waals surface area contributed by atoms with E-state index in [1.807, 2.05) is 30.3 Å². The summed E-state index contributed by atoms with van der Waals surface area (Å²) < 4.78 is 0. The minimum Gasteiger partial charge on any atom is -0.481 e. The molecule has 0 aliphatic heterocycles. The predicted octanol–water partition coefficient (Wildman–Crippen LogP) is 6.70. The van der Waals surface area contributed by atoms with Crippen LogP contribution in [0.3, 0.4) is 0 Å². The lowest BCUT2D eigenvalue weighted by molar-refractivity contribution is -0.139. The van der Waals surface area contributed by atoms with Crippen LogP contribution >= 0.6 is 0 Å². The molecule has 0 saturated carbocycles. The van der Waals surface area contributed by atoms with Gasteiger partial charge in [0.25, 0.3) is 0 Å². The summed E-state index contributed by atoms with van der Waals surface area (Å²) >= 11 is 0. The molecule has 0 bridgehead atoms. The first-order valence-electron chi connectivity index (χ1n) is 11.1. The van der Waals surface area contributed by atoms with Crippen molar-refractivity contribution in [1.82, 2.24) is 0 Å². The van der Waals surface area contributed by atoms with E-state index in [1.165, 1.54) is 44.9 Å². The lowest BCUT2D eigenvalue weighted by Gasteiger charge is -2.12. The summed E-state index contributed by atoms with van der Waals surface area (Å²) in [6, 6.07) is 9.57. The van der Waals surface area contributed by atoms with Crippen molar-refractivity contribution in [2.45, 2.75) is 109 Å². The van der Waals surface area contributed by atoms with Gasteiger partial charge in [-0.15, -0.1) is 0 Å². The molecule has 2 unspecified atom stereocenters. The monoisotopic (exact) mass is 376 g/mol. The number of unbranched alkanes of at least 4 members (excludes halogenated alkanes) is 9. The Morgan fingerprint density at radius 2 is 1.26 bits per heavy atom. The number of aliphatic carboxylic acids is 1. The zero-order valence-corrected chi connectivity index (χ0v) is 17.2. The van der Waals surface area contributed by atoms with E-state index in [4.69, 9.17) is 0 Å². The molecule has 154 valence electrons. The third-order valence-corrected chi connectivity index (χ3v) is 5.42. The molecule has 2 N–H and O–H groups in total. The number of aliphatic hydroxyl groups excluding tert-OH is 1. The molecule has 0 aliphatic carbocycles. The number of rotatable bonds is 17. The Morgan fingerprint density at radius 1 is 0.778 bits per heavy atom. The largest absolute Gasteiger partial charge is 0.481 e. The molecule has 0 aliphatic rings. The summed E-state index contributed by atoms with van der Waals surface area (Å²) in [6.45, 7) is 2.21. The molecule has 27 heavy (non-hydrogen) atoms. The van der Waals surface area contributed by atoms with Gasteiger partial charge < -0.3 is 10.2 Å². The first kappa shape index (κ1) is 23.7. The first-order chi connectivity index (χ1) is 13.1. The molecule has 0 amide bonds. The Labute approximate surface area is 166 Å². The average molecular weight is 377 g/mol.